The highest BCUT2D eigenvalue weighted by Crippen LogP contribution is 2.45. The molecule has 0 bridgehead atoms. The lowest BCUT2D eigenvalue weighted by Crippen LogP contribution is -2.52. The number of hydrogen-bond acceptors (Lipinski definition) is 6. The van der Waals surface area contributed by atoms with Crippen LogP contribution in [0.3, 0.4) is 0 Å². The lowest BCUT2D eigenvalue weighted by molar-refractivity contribution is -0.136. The maximum atomic E-state index is 13.3. The smallest absolute Gasteiger partial charge is 0.228 e. The van der Waals surface area contributed by atoms with Crippen LogP contribution in [-0.4, -0.2) is 79.3 Å². The van der Waals surface area contributed by atoms with Crippen LogP contribution in [0.5, 0.6) is 0 Å². The Labute approximate surface area is 195 Å². The Balaban J connectivity index is 1.14. The summed E-state index contributed by atoms with van der Waals surface area (Å²) in [4.78, 5) is 22.4. The zero-order valence-corrected chi connectivity index (χ0v) is 19.6. The molecule has 1 aromatic heterocycles. The predicted octanol–water partition coefficient (Wildman–Crippen LogP) is 3.23. The van der Waals surface area contributed by atoms with E-state index in [1.54, 1.807) is 6.26 Å². The Hall–Kier alpha value is -2.61. The Morgan fingerprint density at radius 1 is 1.09 bits per heavy atom. The monoisotopic (exact) mass is 455 g/mol. The van der Waals surface area contributed by atoms with Gasteiger partial charge in [-0.25, -0.2) is 4.39 Å². The maximum Gasteiger partial charge on any atom is 0.228 e. The molecule has 0 aliphatic carbocycles. The summed E-state index contributed by atoms with van der Waals surface area (Å²) in [6.45, 7) is 7.83. The van der Waals surface area contributed by atoms with Gasteiger partial charge < -0.3 is 19.2 Å². The highest BCUT2D eigenvalue weighted by Gasteiger charge is 2.51. The third-order valence-corrected chi connectivity index (χ3v) is 8.12. The molecule has 1 amide bonds. The van der Waals surface area contributed by atoms with E-state index < -0.39 is 0 Å². The number of piperazine rings is 1. The first-order valence-electron chi connectivity index (χ1n) is 12.1. The van der Waals surface area contributed by atoms with Crippen molar-refractivity contribution >= 4 is 17.4 Å². The number of anilines is 2. The summed E-state index contributed by atoms with van der Waals surface area (Å²) in [6.07, 6.45) is 5.33. The molecular formula is C25H34FN5O2. The van der Waals surface area contributed by atoms with E-state index in [9.17, 15) is 9.18 Å². The van der Waals surface area contributed by atoms with Gasteiger partial charge in [0.05, 0.1) is 5.41 Å². The minimum Gasteiger partial charge on any atom is -0.369 e. The van der Waals surface area contributed by atoms with Gasteiger partial charge in [0, 0.05) is 70.2 Å². The van der Waals surface area contributed by atoms with E-state index in [0.717, 1.165) is 76.5 Å². The van der Waals surface area contributed by atoms with Gasteiger partial charge in [-0.1, -0.05) is 5.16 Å². The molecule has 0 saturated carbocycles. The zero-order chi connectivity index (χ0) is 23.0. The lowest BCUT2D eigenvalue weighted by Gasteiger charge is -2.41. The van der Waals surface area contributed by atoms with E-state index in [2.05, 4.69) is 26.8 Å². The minimum atomic E-state index is -0.216. The Bertz CT molecular complexity index is 942. The number of nitrogens with zero attached hydrogens (tertiary/aromatic N) is 5. The van der Waals surface area contributed by atoms with Gasteiger partial charge in [0.2, 0.25) is 5.91 Å². The number of halogens is 1. The molecular weight excluding hydrogens is 421 g/mol. The molecule has 3 saturated heterocycles. The molecule has 178 valence electrons. The van der Waals surface area contributed by atoms with Gasteiger partial charge in [0.15, 0.2) is 5.82 Å². The molecule has 1 aromatic carbocycles. The molecule has 2 atom stereocenters. The van der Waals surface area contributed by atoms with Crippen molar-refractivity contribution in [2.45, 2.75) is 44.7 Å². The summed E-state index contributed by atoms with van der Waals surface area (Å²) in [5, 5.41) is 4.05. The fourth-order valence-electron chi connectivity index (χ4n) is 5.99. The number of piperidine rings is 1. The van der Waals surface area contributed by atoms with E-state index in [-0.39, 0.29) is 11.2 Å². The summed E-state index contributed by atoms with van der Waals surface area (Å²) in [6, 6.07) is 9.41. The molecule has 4 heterocycles. The van der Waals surface area contributed by atoms with Gasteiger partial charge in [-0.05, 0) is 56.9 Å². The molecule has 33 heavy (non-hydrogen) atoms. The van der Waals surface area contributed by atoms with Crippen LogP contribution < -0.4 is 9.80 Å². The predicted molar refractivity (Wildman–Crippen MR) is 126 cm³/mol. The third kappa shape index (κ3) is 4.33. The second-order valence-electron chi connectivity index (χ2n) is 10.00. The Kier molecular flexibility index (Phi) is 6.03. The number of rotatable bonds is 5. The molecule has 1 spiro atoms. The van der Waals surface area contributed by atoms with Crippen molar-refractivity contribution in [3.8, 4) is 0 Å². The van der Waals surface area contributed by atoms with Gasteiger partial charge in [-0.3, -0.25) is 9.69 Å². The Morgan fingerprint density at radius 3 is 2.52 bits per heavy atom. The summed E-state index contributed by atoms with van der Waals surface area (Å²) in [5.41, 5.74) is 0.870. The molecule has 3 aliphatic heterocycles. The van der Waals surface area contributed by atoms with Gasteiger partial charge in [0.25, 0.3) is 0 Å². The van der Waals surface area contributed by atoms with Crippen LogP contribution in [0.4, 0.5) is 15.9 Å². The van der Waals surface area contributed by atoms with Crippen LogP contribution in [0.15, 0.2) is 41.1 Å². The van der Waals surface area contributed by atoms with Gasteiger partial charge in [-0.15, -0.1) is 0 Å². The quantitative estimate of drug-likeness (QED) is 0.690. The number of aromatic nitrogens is 1. The topological polar surface area (TPSA) is 56.1 Å². The second-order valence-corrected chi connectivity index (χ2v) is 10.00. The van der Waals surface area contributed by atoms with E-state index in [1.807, 2.05) is 30.1 Å². The molecule has 3 aliphatic rings. The molecule has 0 radical (unpaired) electrons. The number of likely N-dealkylation sites (tertiary alicyclic amines) is 1. The molecule has 2 aromatic rings. The first-order valence-corrected chi connectivity index (χ1v) is 12.1. The summed E-state index contributed by atoms with van der Waals surface area (Å²) in [7, 11) is 1.99. The summed E-state index contributed by atoms with van der Waals surface area (Å²) in [5.74, 6) is 0.998. The van der Waals surface area contributed by atoms with Crippen molar-refractivity contribution in [1.29, 1.82) is 0 Å². The van der Waals surface area contributed by atoms with Crippen molar-refractivity contribution in [2.75, 3.05) is 56.1 Å². The highest BCUT2D eigenvalue weighted by molar-refractivity contribution is 5.85. The number of amides is 1. The van der Waals surface area contributed by atoms with E-state index in [0.29, 0.717) is 18.0 Å². The number of carbonyl (C=O) groups is 1. The zero-order valence-electron chi connectivity index (χ0n) is 19.6. The number of carbonyl (C=O) groups excluding carboxylic acids is 1. The fourth-order valence-corrected chi connectivity index (χ4v) is 5.99. The maximum absolute atomic E-state index is 13.3. The first-order chi connectivity index (χ1) is 15.9. The van der Waals surface area contributed by atoms with Crippen molar-refractivity contribution < 1.29 is 13.7 Å². The molecule has 2 unspecified atom stereocenters. The van der Waals surface area contributed by atoms with Gasteiger partial charge in [-0.2, -0.15) is 0 Å². The summed E-state index contributed by atoms with van der Waals surface area (Å²) < 4.78 is 18.2. The first kappa shape index (κ1) is 22.2. The second kappa shape index (κ2) is 8.97. The van der Waals surface area contributed by atoms with Crippen molar-refractivity contribution in [3.05, 3.63) is 42.4 Å². The lowest BCUT2D eigenvalue weighted by atomic mass is 9.75. The molecule has 0 N–H and O–H groups in total. The SMILES string of the molecule is CC1CN(c2ccc(F)cc2)CCN1CCC1CC2(CCN(c3ccon3)CC2)C(=O)N1C. The van der Waals surface area contributed by atoms with Crippen LogP contribution in [0.25, 0.3) is 0 Å². The largest absolute Gasteiger partial charge is 0.369 e. The highest BCUT2D eigenvalue weighted by atomic mass is 19.1. The van der Waals surface area contributed by atoms with Crippen LogP contribution in [0.1, 0.15) is 32.6 Å². The van der Waals surface area contributed by atoms with Crippen molar-refractivity contribution in [1.82, 2.24) is 15.0 Å². The van der Waals surface area contributed by atoms with E-state index >= 15 is 0 Å². The fraction of sp³-hybridized carbons (Fsp3) is 0.600. The van der Waals surface area contributed by atoms with E-state index in [4.69, 9.17) is 4.52 Å². The Morgan fingerprint density at radius 2 is 1.85 bits per heavy atom. The van der Waals surface area contributed by atoms with Crippen molar-refractivity contribution in [3.63, 3.8) is 0 Å². The van der Waals surface area contributed by atoms with Crippen LogP contribution >= 0.6 is 0 Å². The molecule has 3 fully saturated rings. The van der Waals surface area contributed by atoms with Crippen LogP contribution in [0.2, 0.25) is 0 Å². The normalized spacial score (nSPS) is 25.9. The van der Waals surface area contributed by atoms with Gasteiger partial charge >= 0.3 is 0 Å². The minimum absolute atomic E-state index is 0.192. The average molecular weight is 456 g/mol. The summed E-state index contributed by atoms with van der Waals surface area (Å²) >= 11 is 0. The average Bonchev–Trinajstić information content (AvgIpc) is 3.44. The molecule has 7 nitrogen and oxygen atoms in total. The third-order valence-electron chi connectivity index (χ3n) is 8.12. The molecule has 5 rings (SSSR count). The van der Waals surface area contributed by atoms with E-state index in [1.165, 1.54) is 12.1 Å². The van der Waals surface area contributed by atoms with Crippen LogP contribution in [-0.2, 0) is 4.79 Å². The number of hydrogen-bond donors (Lipinski definition) is 0. The molecule has 8 heteroatoms. The standard InChI is InChI=1S/C25H34FN5O2/c1-19-18-31(21-5-3-20(26)4-6-21)15-14-29(19)11-7-22-17-25(24(32)28(22)2)9-12-30(13-10-25)23-8-16-33-27-23/h3-6,8,16,19,22H,7,9-15,17-18H2,1-2H3. The number of benzene rings is 1. The van der Waals surface area contributed by atoms with Crippen molar-refractivity contribution in [2.24, 2.45) is 5.41 Å². The van der Waals surface area contributed by atoms with Gasteiger partial charge in [0.1, 0.15) is 12.1 Å². The van der Waals surface area contributed by atoms with Crippen LogP contribution in [0, 0.1) is 11.2 Å².